The Morgan fingerprint density at radius 1 is 1.23 bits per heavy atom. The van der Waals surface area contributed by atoms with Crippen LogP contribution in [-0.2, 0) is 14.8 Å². The fourth-order valence-electron chi connectivity index (χ4n) is 3.50. The topological polar surface area (TPSA) is 112 Å². The van der Waals surface area contributed by atoms with Crippen molar-refractivity contribution in [1.82, 2.24) is 9.29 Å². The van der Waals surface area contributed by atoms with Gasteiger partial charge < -0.3 is 10.1 Å². The summed E-state index contributed by atoms with van der Waals surface area (Å²) in [6.07, 6.45) is 7.51. The third-order valence-corrected chi connectivity index (χ3v) is 7.10. The molecule has 3 rings (SSSR count). The lowest BCUT2D eigenvalue weighted by Gasteiger charge is -2.22. The minimum absolute atomic E-state index is 0.0103. The summed E-state index contributed by atoms with van der Waals surface area (Å²) in [6.45, 7) is 0.183. The zero-order valence-electron chi connectivity index (χ0n) is 17.5. The summed E-state index contributed by atoms with van der Waals surface area (Å²) in [4.78, 5) is 16.7. The Kier molecular flexibility index (Phi) is 7.60. The van der Waals surface area contributed by atoms with Crippen molar-refractivity contribution < 1.29 is 17.9 Å². The van der Waals surface area contributed by atoms with Crippen molar-refractivity contribution in [1.29, 1.82) is 5.26 Å². The van der Waals surface area contributed by atoms with Crippen molar-refractivity contribution in [2.24, 2.45) is 5.92 Å². The smallest absolute Gasteiger partial charge is 0.243 e. The zero-order valence-corrected chi connectivity index (χ0v) is 18.3. The number of pyridine rings is 1. The van der Waals surface area contributed by atoms with E-state index < -0.39 is 15.9 Å². The van der Waals surface area contributed by atoms with Crippen LogP contribution in [0.25, 0.3) is 0 Å². The first-order chi connectivity index (χ1) is 14.9. The molecule has 9 heteroatoms. The maximum absolute atomic E-state index is 12.7. The second kappa shape index (κ2) is 10.4. The molecule has 164 valence electrons. The number of likely N-dealkylation sites (N-methyl/N-ethyl adjacent to an activating group) is 1. The number of ether oxygens (including phenoxy) is 1. The van der Waals surface area contributed by atoms with Gasteiger partial charge in [-0.25, -0.2) is 13.4 Å². The Morgan fingerprint density at radius 2 is 1.94 bits per heavy atom. The maximum atomic E-state index is 12.7. The first-order valence-corrected chi connectivity index (χ1v) is 11.7. The number of nitrogens with one attached hydrogen (secondary N) is 1. The van der Waals surface area contributed by atoms with Crippen LogP contribution in [0.15, 0.2) is 47.5 Å². The zero-order chi connectivity index (χ0) is 22.3. The number of carbonyl (C=O) groups excluding carboxylic acids is 1. The largest absolute Gasteiger partial charge is 0.489 e. The minimum atomic E-state index is -3.87. The first-order valence-electron chi connectivity index (χ1n) is 10.2. The van der Waals surface area contributed by atoms with Crippen LogP contribution in [0, 0.1) is 17.2 Å². The van der Waals surface area contributed by atoms with Gasteiger partial charge in [-0.15, -0.1) is 0 Å². The fourth-order valence-corrected chi connectivity index (χ4v) is 4.63. The van der Waals surface area contributed by atoms with E-state index in [1.54, 1.807) is 18.3 Å². The normalized spacial score (nSPS) is 14.7. The summed E-state index contributed by atoms with van der Waals surface area (Å²) in [7, 11) is -2.55. The van der Waals surface area contributed by atoms with E-state index in [1.807, 2.05) is 6.07 Å². The van der Waals surface area contributed by atoms with Gasteiger partial charge in [0, 0.05) is 13.2 Å². The standard InChI is InChI=1S/C22H26N4O4S/c1-26(31(28,29)19-11-9-17(14-23)10-12-19)15-21(27)25-22-20(8-5-13-24-22)30-16-18-6-3-2-4-7-18/h5,8-13,18H,2-4,6-7,15-16H2,1H3,(H,24,25,27). The van der Waals surface area contributed by atoms with Gasteiger partial charge in [0.25, 0.3) is 0 Å². The van der Waals surface area contributed by atoms with Crippen LogP contribution >= 0.6 is 0 Å². The Labute approximate surface area is 182 Å². The average Bonchev–Trinajstić information content (AvgIpc) is 2.79. The number of carbonyl (C=O) groups is 1. The summed E-state index contributed by atoms with van der Waals surface area (Å²) in [5.41, 5.74) is 0.357. The number of anilines is 1. The maximum Gasteiger partial charge on any atom is 0.243 e. The number of nitriles is 1. The van der Waals surface area contributed by atoms with Crippen LogP contribution < -0.4 is 10.1 Å². The predicted molar refractivity (Wildman–Crippen MR) is 116 cm³/mol. The molecule has 0 saturated heterocycles. The lowest BCUT2D eigenvalue weighted by atomic mass is 9.90. The molecule has 0 unspecified atom stereocenters. The summed E-state index contributed by atoms with van der Waals surface area (Å²) < 4.78 is 32.2. The SMILES string of the molecule is CN(CC(=O)Nc1ncccc1OCC1CCCCC1)S(=O)(=O)c1ccc(C#N)cc1. The number of hydrogen-bond donors (Lipinski definition) is 1. The highest BCUT2D eigenvalue weighted by Crippen LogP contribution is 2.27. The number of rotatable bonds is 8. The molecule has 8 nitrogen and oxygen atoms in total. The van der Waals surface area contributed by atoms with Crippen LogP contribution in [0.2, 0.25) is 0 Å². The Bertz CT molecular complexity index is 1040. The lowest BCUT2D eigenvalue weighted by molar-refractivity contribution is -0.116. The fraction of sp³-hybridized carbons (Fsp3) is 0.409. The van der Waals surface area contributed by atoms with Crippen molar-refractivity contribution in [3.05, 3.63) is 48.2 Å². The molecule has 1 fully saturated rings. The van der Waals surface area contributed by atoms with Crippen molar-refractivity contribution in [3.63, 3.8) is 0 Å². The Morgan fingerprint density at radius 3 is 2.61 bits per heavy atom. The van der Waals surface area contributed by atoms with Gasteiger partial charge in [0.15, 0.2) is 11.6 Å². The number of nitrogens with zero attached hydrogens (tertiary/aromatic N) is 3. The van der Waals surface area contributed by atoms with Gasteiger partial charge in [-0.2, -0.15) is 9.57 Å². The molecule has 31 heavy (non-hydrogen) atoms. The molecule has 1 aromatic carbocycles. The first kappa shape index (κ1) is 22.7. The van der Waals surface area contributed by atoms with E-state index in [9.17, 15) is 13.2 Å². The minimum Gasteiger partial charge on any atom is -0.489 e. The van der Waals surface area contributed by atoms with E-state index in [-0.39, 0.29) is 17.3 Å². The molecule has 0 spiro atoms. The van der Waals surface area contributed by atoms with E-state index in [0.717, 1.165) is 17.1 Å². The number of hydrogen-bond acceptors (Lipinski definition) is 6. The lowest BCUT2D eigenvalue weighted by Crippen LogP contribution is -2.35. The third kappa shape index (κ3) is 6.03. The molecule has 0 atom stereocenters. The Balaban J connectivity index is 1.61. The van der Waals surface area contributed by atoms with Gasteiger partial charge >= 0.3 is 0 Å². The van der Waals surface area contributed by atoms with Crippen LogP contribution in [0.4, 0.5) is 5.82 Å². The van der Waals surface area contributed by atoms with E-state index in [2.05, 4.69) is 10.3 Å². The quantitative estimate of drug-likeness (QED) is 0.672. The van der Waals surface area contributed by atoms with Gasteiger partial charge in [-0.05, 0) is 55.2 Å². The Hall–Kier alpha value is -2.96. The molecule has 1 amide bonds. The summed E-state index contributed by atoms with van der Waals surface area (Å²) in [5, 5.41) is 11.5. The molecule has 1 aliphatic rings. The molecular formula is C22H26N4O4S. The van der Waals surface area contributed by atoms with Crippen LogP contribution in [0.1, 0.15) is 37.7 Å². The van der Waals surface area contributed by atoms with Gasteiger partial charge in [0.2, 0.25) is 15.9 Å². The third-order valence-electron chi connectivity index (χ3n) is 5.29. The van der Waals surface area contributed by atoms with Crippen LogP contribution in [0.3, 0.4) is 0 Å². The predicted octanol–water partition coefficient (Wildman–Crippen LogP) is 3.17. The van der Waals surface area contributed by atoms with E-state index in [1.165, 1.54) is 50.6 Å². The van der Waals surface area contributed by atoms with Crippen molar-refractivity contribution in [2.45, 2.75) is 37.0 Å². The van der Waals surface area contributed by atoms with E-state index in [0.29, 0.717) is 23.8 Å². The highest BCUT2D eigenvalue weighted by molar-refractivity contribution is 7.89. The summed E-state index contributed by atoms with van der Waals surface area (Å²) in [6, 6.07) is 10.9. The molecular weight excluding hydrogens is 416 g/mol. The molecule has 2 aromatic rings. The van der Waals surface area contributed by atoms with E-state index >= 15 is 0 Å². The number of benzene rings is 1. The second-order valence-corrected chi connectivity index (χ2v) is 9.66. The monoisotopic (exact) mass is 442 g/mol. The number of amides is 1. The van der Waals surface area contributed by atoms with Crippen molar-refractivity contribution in [3.8, 4) is 11.8 Å². The van der Waals surface area contributed by atoms with Gasteiger partial charge in [-0.3, -0.25) is 4.79 Å². The van der Waals surface area contributed by atoms with Crippen molar-refractivity contribution in [2.75, 3.05) is 25.5 Å². The molecule has 0 radical (unpaired) electrons. The molecule has 0 bridgehead atoms. The van der Waals surface area contributed by atoms with Gasteiger partial charge in [0.1, 0.15) is 0 Å². The molecule has 1 heterocycles. The average molecular weight is 443 g/mol. The highest BCUT2D eigenvalue weighted by atomic mass is 32.2. The number of sulfonamides is 1. The van der Waals surface area contributed by atoms with E-state index in [4.69, 9.17) is 10.00 Å². The van der Waals surface area contributed by atoms with Crippen LogP contribution in [0.5, 0.6) is 5.75 Å². The van der Waals surface area contributed by atoms with Gasteiger partial charge in [0.05, 0.1) is 29.7 Å². The molecule has 1 aliphatic carbocycles. The molecule has 1 aromatic heterocycles. The highest BCUT2D eigenvalue weighted by Gasteiger charge is 2.24. The molecule has 1 saturated carbocycles. The second-order valence-electron chi connectivity index (χ2n) is 7.61. The summed E-state index contributed by atoms with van der Waals surface area (Å²) in [5.74, 6) is 0.716. The van der Waals surface area contributed by atoms with Crippen LogP contribution in [-0.4, -0.2) is 43.8 Å². The number of aromatic nitrogens is 1. The molecule has 0 aliphatic heterocycles. The molecule has 1 N–H and O–H groups in total. The van der Waals surface area contributed by atoms with Crippen molar-refractivity contribution >= 4 is 21.7 Å². The van der Waals surface area contributed by atoms with Gasteiger partial charge in [-0.1, -0.05) is 19.3 Å². The summed E-state index contributed by atoms with van der Waals surface area (Å²) >= 11 is 0.